The largest absolute Gasteiger partial charge is 0.369 e. The lowest BCUT2D eigenvalue weighted by Gasteiger charge is -2.01. The van der Waals surface area contributed by atoms with Crippen LogP contribution in [0, 0.1) is 0 Å². The Morgan fingerprint density at radius 1 is 1.19 bits per heavy atom. The average molecular weight is 213 g/mol. The summed E-state index contributed by atoms with van der Waals surface area (Å²) in [5.74, 6) is 1.78. The molecular formula is C11H11N5. The van der Waals surface area contributed by atoms with Crippen LogP contribution in [-0.2, 0) is 6.42 Å². The number of anilines is 1. The molecule has 3 rings (SSSR count). The van der Waals surface area contributed by atoms with Gasteiger partial charge in [0.1, 0.15) is 5.82 Å². The van der Waals surface area contributed by atoms with Crippen molar-refractivity contribution in [3.05, 3.63) is 30.1 Å². The summed E-state index contributed by atoms with van der Waals surface area (Å²) in [4.78, 5) is 13.0. The van der Waals surface area contributed by atoms with E-state index in [-0.39, 0.29) is 0 Å². The molecular weight excluding hydrogens is 202 g/mol. The molecule has 0 atom stereocenters. The van der Waals surface area contributed by atoms with Gasteiger partial charge in [-0.15, -0.1) is 0 Å². The van der Waals surface area contributed by atoms with E-state index in [1.807, 2.05) is 31.2 Å². The summed E-state index contributed by atoms with van der Waals surface area (Å²) in [7, 11) is 0. The maximum absolute atomic E-state index is 5.91. The molecule has 3 aromatic rings. The van der Waals surface area contributed by atoms with Crippen LogP contribution in [0.4, 0.5) is 5.95 Å². The third kappa shape index (κ3) is 1.14. The Hall–Kier alpha value is -2.17. The number of rotatable bonds is 1. The van der Waals surface area contributed by atoms with Crippen LogP contribution in [0.5, 0.6) is 0 Å². The molecule has 0 amide bonds. The van der Waals surface area contributed by atoms with Gasteiger partial charge in [-0.1, -0.05) is 19.1 Å². The molecule has 0 aliphatic rings. The summed E-state index contributed by atoms with van der Waals surface area (Å²) in [6.45, 7) is 1.99. The van der Waals surface area contributed by atoms with Crippen LogP contribution in [0.1, 0.15) is 12.7 Å². The van der Waals surface area contributed by atoms with Crippen LogP contribution in [0.2, 0.25) is 0 Å². The van der Waals surface area contributed by atoms with Gasteiger partial charge in [0, 0.05) is 6.42 Å². The Bertz CT molecular complexity index is 670. The van der Waals surface area contributed by atoms with Gasteiger partial charge in [-0.2, -0.15) is 9.97 Å². The molecule has 0 saturated heterocycles. The predicted molar refractivity (Wildman–Crippen MR) is 62.1 cm³/mol. The topological polar surface area (TPSA) is 69.1 Å². The number of nitrogens with zero attached hydrogens (tertiary/aromatic N) is 4. The molecule has 0 spiro atoms. The molecule has 16 heavy (non-hydrogen) atoms. The summed E-state index contributed by atoms with van der Waals surface area (Å²) in [5.41, 5.74) is 7.74. The van der Waals surface area contributed by atoms with Gasteiger partial charge in [-0.05, 0) is 12.1 Å². The van der Waals surface area contributed by atoms with Crippen molar-refractivity contribution in [2.45, 2.75) is 13.3 Å². The minimum atomic E-state index is 0.440. The van der Waals surface area contributed by atoms with E-state index in [9.17, 15) is 0 Å². The third-order valence-electron chi connectivity index (χ3n) is 2.56. The fourth-order valence-corrected chi connectivity index (χ4v) is 1.79. The number of hydrogen-bond donors (Lipinski definition) is 1. The van der Waals surface area contributed by atoms with Crippen molar-refractivity contribution in [2.24, 2.45) is 0 Å². The number of nitrogens with two attached hydrogens (primary N) is 1. The minimum absolute atomic E-state index is 0.440. The van der Waals surface area contributed by atoms with Gasteiger partial charge in [0.25, 0.3) is 0 Å². The molecule has 5 heteroatoms. The first kappa shape index (κ1) is 9.08. The van der Waals surface area contributed by atoms with Crippen molar-refractivity contribution >= 4 is 22.8 Å². The summed E-state index contributed by atoms with van der Waals surface area (Å²) in [5, 5.41) is 0. The van der Waals surface area contributed by atoms with Gasteiger partial charge in [0.2, 0.25) is 11.7 Å². The van der Waals surface area contributed by atoms with Gasteiger partial charge in [0.15, 0.2) is 0 Å². The lowest BCUT2D eigenvalue weighted by atomic mass is 10.3. The Morgan fingerprint density at radius 3 is 2.81 bits per heavy atom. The number of imidazole rings is 1. The van der Waals surface area contributed by atoms with E-state index in [1.165, 1.54) is 0 Å². The van der Waals surface area contributed by atoms with Crippen LogP contribution in [0.3, 0.4) is 0 Å². The monoisotopic (exact) mass is 213 g/mol. The van der Waals surface area contributed by atoms with Crippen LogP contribution >= 0.6 is 0 Å². The van der Waals surface area contributed by atoms with Crippen LogP contribution in [-0.4, -0.2) is 19.4 Å². The molecule has 0 fully saturated rings. The number of benzene rings is 1. The molecule has 0 saturated carbocycles. The maximum Gasteiger partial charge on any atom is 0.239 e. The third-order valence-corrected chi connectivity index (χ3v) is 2.56. The number of hydrogen-bond acceptors (Lipinski definition) is 4. The first-order chi connectivity index (χ1) is 7.79. The number of nitrogen functional groups attached to an aromatic ring is 1. The zero-order valence-corrected chi connectivity index (χ0v) is 8.88. The van der Waals surface area contributed by atoms with Crippen LogP contribution < -0.4 is 5.73 Å². The number of aromatic nitrogens is 4. The Morgan fingerprint density at radius 2 is 2.00 bits per heavy atom. The molecule has 0 aliphatic heterocycles. The highest BCUT2D eigenvalue weighted by molar-refractivity contribution is 5.80. The first-order valence-corrected chi connectivity index (χ1v) is 5.19. The molecule has 0 aliphatic carbocycles. The van der Waals surface area contributed by atoms with E-state index in [0.717, 1.165) is 23.3 Å². The number of aryl methyl sites for hydroxylation is 1. The normalized spacial score (nSPS) is 11.3. The minimum Gasteiger partial charge on any atom is -0.369 e. The first-order valence-electron chi connectivity index (χ1n) is 5.19. The smallest absolute Gasteiger partial charge is 0.239 e. The highest BCUT2D eigenvalue weighted by Gasteiger charge is 2.09. The highest BCUT2D eigenvalue weighted by atomic mass is 15.2. The van der Waals surface area contributed by atoms with Gasteiger partial charge in [-0.3, -0.25) is 0 Å². The van der Waals surface area contributed by atoms with E-state index in [4.69, 9.17) is 5.73 Å². The Kier molecular flexibility index (Phi) is 1.80. The van der Waals surface area contributed by atoms with E-state index in [1.54, 1.807) is 4.40 Å². The van der Waals surface area contributed by atoms with Gasteiger partial charge < -0.3 is 5.73 Å². The molecule has 2 heterocycles. The molecule has 5 nitrogen and oxygen atoms in total. The van der Waals surface area contributed by atoms with E-state index >= 15 is 0 Å². The average Bonchev–Trinajstić information content (AvgIpc) is 2.67. The second kappa shape index (κ2) is 3.16. The molecule has 2 N–H and O–H groups in total. The fraction of sp³-hybridized carbons (Fsp3) is 0.182. The number of para-hydroxylation sites is 2. The van der Waals surface area contributed by atoms with E-state index < -0.39 is 0 Å². The second-order valence-electron chi connectivity index (χ2n) is 3.59. The molecule has 2 aromatic heterocycles. The van der Waals surface area contributed by atoms with Gasteiger partial charge in [-0.25, -0.2) is 9.38 Å². The van der Waals surface area contributed by atoms with E-state index in [2.05, 4.69) is 15.0 Å². The van der Waals surface area contributed by atoms with Crippen LogP contribution in [0.25, 0.3) is 16.8 Å². The lowest BCUT2D eigenvalue weighted by molar-refractivity contribution is 0.909. The zero-order chi connectivity index (χ0) is 11.1. The quantitative estimate of drug-likeness (QED) is 0.663. The van der Waals surface area contributed by atoms with Crippen molar-refractivity contribution in [2.75, 3.05) is 5.73 Å². The number of fused-ring (bicyclic) bond motifs is 3. The van der Waals surface area contributed by atoms with Gasteiger partial charge in [0.05, 0.1) is 11.0 Å². The van der Waals surface area contributed by atoms with Crippen molar-refractivity contribution in [3.63, 3.8) is 0 Å². The molecule has 0 bridgehead atoms. The molecule has 1 aromatic carbocycles. The van der Waals surface area contributed by atoms with Crippen molar-refractivity contribution in [3.8, 4) is 0 Å². The second-order valence-corrected chi connectivity index (χ2v) is 3.59. The Labute approximate surface area is 92.0 Å². The molecule has 0 unspecified atom stereocenters. The highest BCUT2D eigenvalue weighted by Crippen LogP contribution is 2.17. The van der Waals surface area contributed by atoms with Crippen molar-refractivity contribution in [1.29, 1.82) is 0 Å². The summed E-state index contributed by atoms with van der Waals surface area (Å²) in [6, 6.07) is 7.79. The standard InChI is InChI=1S/C11H11N5/c1-2-9-14-10(12)16-8-6-4-3-5-7(8)13-11(16)15-9/h3-6H,2H2,1H3,(H2,12,13,14,15). The fourth-order valence-electron chi connectivity index (χ4n) is 1.79. The van der Waals surface area contributed by atoms with Crippen LogP contribution in [0.15, 0.2) is 24.3 Å². The predicted octanol–water partition coefficient (Wildman–Crippen LogP) is 1.42. The maximum atomic E-state index is 5.91. The van der Waals surface area contributed by atoms with Gasteiger partial charge >= 0.3 is 0 Å². The van der Waals surface area contributed by atoms with Crippen molar-refractivity contribution in [1.82, 2.24) is 19.4 Å². The summed E-state index contributed by atoms with van der Waals surface area (Å²) in [6.07, 6.45) is 0.754. The summed E-state index contributed by atoms with van der Waals surface area (Å²) < 4.78 is 1.77. The van der Waals surface area contributed by atoms with E-state index in [0.29, 0.717) is 11.7 Å². The zero-order valence-electron chi connectivity index (χ0n) is 8.88. The SMILES string of the molecule is CCc1nc(N)n2c(n1)nc1ccccc12. The molecule has 0 radical (unpaired) electrons. The Balaban J connectivity index is 2.50. The van der Waals surface area contributed by atoms with Crippen molar-refractivity contribution < 1.29 is 0 Å². The summed E-state index contributed by atoms with van der Waals surface area (Å²) >= 11 is 0. The molecule has 80 valence electrons. The lowest BCUT2D eigenvalue weighted by Crippen LogP contribution is -2.05.